The Morgan fingerprint density at radius 2 is 1.85 bits per heavy atom. The minimum atomic E-state index is -0.945. The second kappa shape index (κ2) is 11.5. The number of amides is 3. The Balaban J connectivity index is 1.15. The Kier molecular flexibility index (Phi) is 7.82. The van der Waals surface area contributed by atoms with Crippen LogP contribution in [0, 0.1) is 29.1 Å². The highest BCUT2D eigenvalue weighted by Crippen LogP contribution is 2.82. The van der Waals surface area contributed by atoms with Crippen molar-refractivity contribution in [2.24, 2.45) is 34.8 Å². The van der Waals surface area contributed by atoms with Crippen LogP contribution in [0.15, 0.2) is 23.6 Å². The Hall–Kier alpha value is -3.64. The molecule has 3 amide bonds. The van der Waals surface area contributed by atoms with Gasteiger partial charge in [-0.2, -0.15) is 0 Å². The fourth-order valence-electron chi connectivity index (χ4n) is 7.52. The van der Waals surface area contributed by atoms with E-state index in [9.17, 15) is 14.4 Å². The molecule has 1 aromatic carbocycles. The topological polar surface area (TPSA) is 146 Å². The molecule has 4 saturated carbocycles. The number of primary amides is 1. The lowest BCUT2D eigenvalue weighted by atomic mass is 9.85. The summed E-state index contributed by atoms with van der Waals surface area (Å²) in [5.74, 6) is 2.79. The zero-order valence-corrected chi connectivity index (χ0v) is 28.9. The van der Waals surface area contributed by atoms with Crippen LogP contribution >= 0.6 is 22.9 Å². The molecule has 11 nitrogen and oxygen atoms in total. The molecule has 8 rings (SSSR count). The summed E-state index contributed by atoms with van der Waals surface area (Å²) >= 11 is 8.22. The van der Waals surface area contributed by atoms with Crippen molar-refractivity contribution >= 4 is 51.7 Å². The van der Waals surface area contributed by atoms with Gasteiger partial charge < -0.3 is 30.2 Å². The molecule has 8 atom stereocenters. The fraction of sp³-hybridized carbons (Fsp3) is 0.559. The van der Waals surface area contributed by atoms with Crippen molar-refractivity contribution in [2.45, 2.75) is 77.7 Å². The van der Waals surface area contributed by atoms with Crippen molar-refractivity contribution < 1.29 is 28.6 Å². The monoisotopic (exact) mass is 681 g/mol. The first-order valence-electron chi connectivity index (χ1n) is 16.1. The van der Waals surface area contributed by atoms with E-state index in [1.165, 1.54) is 23.3 Å². The third-order valence-corrected chi connectivity index (χ3v) is 11.4. The van der Waals surface area contributed by atoms with E-state index in [0.717, 1.165) is 24.0 Å². The van der Waals surface area contributed by atoms with Crippen LogP contribution < -0.4 is 20.5 Å². The van der Waals surface area contributed by atoms with Gasteiger partial charge in [0.2, 0.25) is 11.8 Å². The number of halogens is 1. The molecular weight excluding hydrogens is 642 g/mol. The summed E-state index contributed by atoms with van der Waals surface area (Å²) in [6, 6.07) is 3.49. The van der Waals surface area contributed by atoms with Crippen molar-refractivity contribution in [3.05, 3.63) is 34.3 Å². The van der Waals surface area contributed by atoms with E-state index < -0.39 is 41.5 Å². The number of carbonyl (C=O) groups excluding carboxylic acids is 3. The van der Waals surface area contributed by atoms with Crippen molar-refractivity contribution in [1.29, 1.82) is 0 Å². The zero-order valence-electron chi connectivity index (χ0n) is 27.3. The van der Waals surface area contributed by atoms with Gasteiger partial charge in [0.25, 0.3) is 0 Å². The average Bonchev–Trinajstić information content (AvgIpc) is 3.52. The number of hydrogen-bond donors (Lipinski definition) is 2. The summed E-state index contributed by atoms with van der Waals surface area (Å²) in [7, 11) is 1.54. The van der Waals surface area contributed by atoms with Crippen LogP contribution in [0.25, 0.3) is 21.6 Å². The second-order valence-corrected chi connectivity index (χ2v) is 15.9. The van der Waals surface area contributed by atoms with Crippen LogP contribution in [-0.2, 0) is 14.3 Å². The highest BCUT2D eigenvalue weighted by Gasteiger charge is 2.81. The highest BCUT2D eigenvalue weighted by atomic mass is 35.5. The summed E-state index contributed by atoms with van der Waals surface area (Å²) < 4.78 is 17.8. The number of aromatic nitrogens is 2. The Labute approximate surface area is 282 Å². The number of fused-ring (bicyclic) bond motifs is 2. The number of hydrogen-bond acceptors (Lipinski definition) is 9. The molecule has 0 spiro atoms. The molecule has 3 heterocycles. The van der Waals surface area contributed by atoms with Crippen LogP contribution in [0.2, 0.25) is 5.02 Å². The van der Waals surface area contributed by atoms with Crippen molar-refractivity contribution in [3.8, 4) is 22.2 Å². The lowest BCUT2D eigenvalue weighted by Crippen LogP contribution is -2.57. The molecule has 5 fully saturated rings. The number of alkyl carbamates (subject to hydrolysis) is 1. The Morgan fingerprint density at radius 1 is 1.11 bits per heavy atom. The van der Waals surface area contributed by atoms with Gasteiger partial charge in [-0.3, -0.25) is 9.59 Å². The fourth-order valence-corrected chi connectivity index (χ4v) is 8.75. The molecule has 4 aliphatic carbocycles. The SMILES string of the molecule is COc1ccc2c(OC3C[C@@H](C(N)=O)N(C(=O)[C@@H](NC(=O)O[C@H]4CC5C6C4[C@@H]56)C(C)(C)C)C3)cc(-c3nc(C(C)C)cs3)nc2c1Cl. The van der Waals surface area contributed by atoms with E-state index in [0.29, 0.717) is 50.0 Å². The van der Waals surface area contributed by atoms with E-state index in [1.807, 2.05) is 38.3 Å². The molecule has 47 heavy (non-hydrogen) atoms. The Bertz CT molecular complexity index is 1760. The minimum Gasteiger partial charge on any atom is -0.495 e. The van der Waals surface area contributed by atoms with Gasteiger partial charge in [-0.25, -0.2) is 14.8 Å². The molecule has 0 radical (unpaired) electrons. The van der Waals surface area contributed by atoms with Gasteiger partial charge in [0.1, 0.15) is 51.5 Å². The van der Waals surface area contributed by atoms with Crippen LogP contribution in [0.4, 0.5) is 4.79 Å². The maximum absolute atomic E-state index is 14.1. The smallest absolute Gasteiger partial charge is 0.408 e. The number of nitrogens with two attached hydrogens (primary N) is 1. The lowest BCUT2D eigenvalue weighted by Gasteiger charge is -2.35. The van der Waals surface area contributed by atoms with Crippen LogP contribution in [-0.4, -0.2) is 70.7 Å². The highest BCUT2D eigenvalue weighted by molar-refractivity contribution is 7.13. The van der Waals surface area contributed by atoms with Crippen molar-refractivity contribution in [3.63, 3.8) is 0 Å². The normalized spacial score (nSPS) is 27.8. The zero-order chi connectivity index (χ0) is 33.5. The molecule has 1 saturated heterocycles. The van der Waals surface area contributed by atoms with Crippen LogP contribution in [0.3, 0.4) is 0 Å². The predicted molar refractivity (Wildman–Crippen MR) is 177 cm³/mol. The van der Waals surface area contributed by atoms with Gasteiger partial charge in [0.05, 0.1) is 24.9 Å². The quantitative estimate of drug-likeness (QED) is 0.306. The maximum atomic E-state index is 14.1. The van der Waals surface area contributed by atoms with E-state index in [4.69, 9.17) is 41.5 Å². The second-order valence-electron chi connectivity index (χ2n) is 14.6. The van der Waals surface area contributed by atoms with Crippen molar-refractivity contribution in [1.82, 2.24) is 20.2 Å². The Morgan fingerprint density at radius 3 is 2.45 bits per heavy atom. The van der Waals surface area contributed by atoms with Gasteiger partial charge in [-0.05, 0) is 47.6 Å². The number of carbonyl (C=O) groups is 3. The number of ether oxygens (including phenoxy) is 3. The molecule has 5 aliphatic rings. The number of methoxy groups -OCH3 is 1. The third kappa shape index (κ3) is 5.67. The third-order valence-electron chi connectivity index (χ3n) is 10.2. The van der Waals surface area contributed by atoms with Crippen molar-refractivity contribution in [2.75, 3.05) is 13.7 Å². The number of rotatable bonds is 9. The average molecular weight is 682 g/mol. The summed E-state index contributed by atoms with van der Waals surface area (Å²) in [6.45, 7) is 9.83. The van der Waals surface area contributed by atoms with Gasteiger partial charge in [0, 0.05) is 29.2 Å². The molecule has 2 aromatic heterocycles. The molecule has 3 aromatic rings. The van der Waals surface area contributed by atoms with E-state index in [2.05, 4.69) is 19.2 Å². The molecule has 2 bridgehead atoms. The first-order valence-corrected chi connectivity index (χ1v) is 17.4. The standard InChI is InChI=1S/C34H40ClN5O6S/c1-14(2)19-13-47-31(38-19)18-11-22(16-7-8-21(44-6)27(35)28(16)37-18)45-15-9-20(30(36)41)40(12-15)32(42)29(34(3,4)5)39-33(43)46-23-10-17-24-25(17)26(23)24/h7-8,11,13-15,17,20,23-26,29H,9-10,12H2,1-6H3,(H2,36,41)(H,39,43)/t15?,17?,20-,23-,24-,25?,26?,29+/m0/s1. The first-order chi connectivity index (χ1) is 22.3. The van der Waals surface area contributed by atoms with E-state index >= 15 is 0 Å². The maximum Gasteiger partial charge on any atom is 0.408 e. The molecule has 4 unspecified atom stereocenters. The lowest BCUT2D eigenvalue weighted by molar-refractivity contribution is -0.141. The molecular formula is C34H40ClN5O6S. The van der Waals surface area contributed by atoms with E-state index in [-0.39, 0.29) is 25.0 Å². The van der Waals surface area contributed by atoms with Gasteiger partial charge in [-0.1, -0.05) is 46.2 Å². The largest absolute Gasteiger partial charge is 0.495 e. The molecule has 250 valence electrons. The summed E-state index contributed by atoms with van der Waals surface area (Å²) in [4.78, 5) is 50.9. The first kappa shape index (κ1) is 31.9. The number of nitrogens with one attached hydrogen (secondary N) is 1. The number of likely N-dealkylation sites (tertiary alicyclic amines) is 1. The summed E-state index contributed by atoms with van der Waals surface area (Å²) in [5.41, 5.74) is 7.18. The number of thiazole rings is 1. The van der Waals surface area contributed by atoms with Crippen LogP contribution in [0.1, 0.15) is 59.1 Å². The number of nitrogens with zero attached hydrogens (tertiary/aromatic N) is 3. The number of benzene rings is 1. The summed E-state index contributed by atoms with van der Waals surface area (Å²) in [5, 5.41) is 6.51. The van der Waals surface area contributed by atoms with Gasteiger partial charge >= 0.3 is 6.09 Å². The summed E-state index contributed by atoms with van der Waals surface area (Å²) in [6.07, 6.45) is -0.193. The van der Waals surface area contributed by atoms with Gasteiger partial charge in [-0.15, -0.1) is 11.3 Å². The minimum absolute atomic E-state index is 0.0801. The predicted octanol–water partition coefficient (Wildman–Crippen LogP) is 5.38. The molecule has 13 heteroatoms. The molecule has 1 aliphatic heterocycles. The van der Waals surface area contributed by atoms with Crippen LogP contribution in [0.5, 0.6) is 11.5 Å². The number of pyridine rings is 1. The van der Waals surface area contributed by atoms with E-state index in [1.54, 1.807) is 6.07 Å². The van der Waals surface area contributed by atoms with Gasteiger partial charge in [0.15, 0.2) is 0 Å². The molecule has 3 N–H and O–H groups in total.